The van der Waals surface area contributed by atoms with Gasteiger partial charge in [-0.1, -0.05) is 19.1 Å². The van der Waals surface area contributed by atoms with Gasteiger partial charge >= 0.3 is 0 Å². The number of hydrogen-bond donors (Lipinski definition) is 1. The highest BCUT2D eigenvalue weighted by molar-refractivity contribution is 6.09. The summed E-state index contributed by atoms with van der Waals surface area (Å²) in [6.45, 7) is 5.11. The van der Waals surface area contributed by atoms with E-state index in [-0.39, 0.29) is 23.7 Å². The number of carbonyl (C=O) groups is 2. The summed E-state index contributed by atoms with van der Waals surface area (Å²) in [5.41, 5.74) is 3.41. The maximum Gasteiger partial charge on any atom is 0.244 e. The number of pyridine rings is 2. The number of carbonyl (C=O) groups excluding carboxylic acids is 2. The number of nitrogens with zero attached hydrogens (tertiary/aromatic N) is 3. The third-order valence-corrected chi connectivity index (χ3v) is 5.77. The summed E-state index contributed by atoms with van der Waals surface area (Å²) in [4.78, 5) is 36.0. The molecule has 7 nitrogen and oxygen atoms in total. The Labute approximate surface area is 191 Å². The van der Waals surface area contributed by atoms with Crippen molar-refractivity contribution in [2.45, 2.75) is 33.1 Å². The first-order chi connectivity index (χ1) is 15.8. The molecule has 0 bridgehead atoms. The number of halogens is 1. The summed E-state index contributed by atoms with van der Waals surface area (Å²) in [5, 5.41) is 2.82. The van der Waals surface area contributed by atoms with Crippen LogP contribution in [-0.2, 0) is 16.0 Å². The smallest absolute Gasteiger partial charge is 0.244 e. The summed E-state index contributed by atoms with van der Waals surface area (Å²) in [6, 6.07) is 10.8. The Balaban J connectivity index is 1.75. The number of anilines is 2. The van der Waals surface area contributed by atoms with Crippen LogP contribution in [0.25, 0.3) is 11.1 Å². The fourth-order valence-electron chi connectivity index (χ4n) is 3.99. The molecule has 0 saturated carbocycles. The van der Waals surface area contributed by atoms with E-state index in [1.807, 2.05) is 24.3 Å². The summed E-state index contributed by atoms with van der Waals surface area (Å²) in [6.07, 6.45) is 2.38. The molecule has 1 N–H and O–H groups in total. The average molecular weight is 448 g/mol. The lowest BCUT2D eigenvalue weighted by Crippen LogP contribution is -2.40. The molecule has 2 aromatic heterocycles. The standard InChI is InChI=1S/C25H25FN4O3/c1-5-16-6-8-17(9-7-16)29-21(31)13-30-20-10-14(2)28-24(26)22(20)19-11-18(33-4)12-27-23(19)15(3)25(30)32/h6-12,15H,5,13H2,1-4H3,(H,29,31)/t15-/m0/s1. The molecule has 0 spiro atoms. The van der Waals surface area contributed by atoms with Crippen molar-refractivity contribution >= 4 is 23.2 Å². The predicted molar refractivity (Wildman–Crippen MR) is 124 cm³/mol. The molecule has 1 atom stereocenters. The summed E-state index contributed by atoms with van der Waals surface area (Å²) < 4.78 is 20.5. The van der Waals surface area contributed by atoms with E-state index in [0.29, 0.717) is 28.4 Å². The number of rotatable bonds is 5. The number of aryl methyl sites for hydroxylation is 2. The molecule has 3 aromatic rings. The molecule has 2 amide bonds. The molecule has 1 aromatic carbocycles. The van der Waals surface area contributed by atoms with E-state index in [9.17, 15) is 9.59 Å². The Hall–Kier alpha value is -3.81. The average Bonchev–Trinajstić information content (AvgIpc) is 2.88. The van der Waals surface area contributed by atoms with Gasteiger partial charge in [-0.15, -0.1) is 0 Å². The van der Waals surface area contributed by atoms with Gasteiger partial charge in [-0.3, -0.25) is 14.6 Å². The molecule has 0 aliphatic carbocycles. The Kier molecular flexibility index (Phi) is 6.09. The summed E-state index contributed by atoms with van der Waals surface area (Å²) in [5.74, 6) is -1.74. The molecule has 33 heavy (non-hydrogen) atoms. The molecule has 0 fully saturated rings. The van der Waals surface area contributed by atoms with Gasteiger partial charge in [-0.25, -0.2) is 4.98 Å². The summed E-state index contributed by atoms with van der Waals surface area (Å²) >= 11 is 0. The monoisotopic (exact) mass is 448 g/mol. The molecule has 0 saturated heterocycles. The highest BCUT2D eigenvalue weighted by Gasteiger charge is 2.36. The maximum absolute atomic E-state index is 15.2. The lowest BCUT2D eigenvalue weighted by Gasteiger charge is -2.24. The van der Waals surface area contributed by atoms with Gasteiger partial charge in [0.05, 0.1) is 36.2 Å². The Morgan fingerprint density at radius 1 is 1.24 bits per heavy atom. The van der Waals surface area contributed by atoms with E-state index in [1.54, 1.807) is 26.0 Å². The molecule has 3 heterocycles. The van der Waals surface area contributed by atoms with Crippen molar-refractivity contribution in [3.05, 3.63) is 65.5 Å². The van der Waals surface area contributed by atoms with E-state index < -0.39 is 17.8 Å². The number of amides is 2. The van der Waals surface area contributed by atoms with Crippen molar-refractivity contribution in [2.24, 2.45) is 0 Å². The molecule has 0 radical (unpaired) electrons. The largest absolute Gasteiger partial charge is 0.495 e. The molecular weight excluding hydrogens is 423 g/mol. The van der Waals surface area contributed by atoms with E-state index >= 15 is 4.39 Å². The van der Waals surface area contributed by atoms with Crippen LogP contribution in [0, 0.1) is 12.9 Å². The van der Waals surface area contributed by atoms with Crippen molar-refractivity contribution in [2.75, 3.05) is 23.9 Å². The molecular formula is C25H25FN4O3. The van der Waals surface area contributed by atoms with E-state index in [1.165, 1.54) is 18.2 Å². The second-order valence-corrected chi connectivity index (χ2v) is 8.00. The van der Waals surface area contributed by atoms with Crippen molar-refractivity contribution in [1.29, 1.82) is 0 Å². The molecule has 1 aliphatic rings. The topological polar surface area (TPSA) is 84.4 Å². The third kappa shape index (κ3) is 4.28. The van der Waals surface area contributed by atoms with Gasteiger partial charge in [0, 0.05) is 16.9 Å². The van der Waals surface area contributed by atoms with Gasteiger partial charge in [-0.2, -0.15) is 4.39 Å². The predicted octanol–water partition coefficient (Wildman–Crippen LogP) is 4.25. The van der Waals surface area contributed by atoms with Crippen LogP contribution in [0.15, 0.2) is 42.6 Å². The minimum absolute atomic E-state index is 0.125. The Bertz CT molecular complexity index is 1230. The zero-order valence-corrected chi connectivity index (χ0v) is 19.0. The molecule has 8 heteroatoms. The third-order valence-electron chi connectivity index (χ3n) is 5.77. The van der Waals surface area contributed by atoms with Gasteiger partial charge in [0.2, 0.25) is 17.8 Å². The van der Waals surface area contributed by atoms with Crippen LogP contribution in [0.5, 0.6) is 5.75 Å². The first-order valence-corrected chi connectivity index (χ1v) is 10.7. The quantitative estimate of drug-likeness (QED) is 0.590. The number of nitrogens with one attached hydrogen (secondary N) is 1. The van der Waals surface area contributed by atoms with Gasteiger partial charge in [-0.05, 0) is 50.1 Å². The van der Waals surface area contributed by atoms with Crippen molar-refractivity contribution in [3.8, 4) is 16.9 Å². The van der Waals surface area contributed by atoms with Crippen molar-refractivity contribution in [1.82, 2.24) is 9.97 Å². The minimum atomic E-state index is -0.733. The van der Waals surface area contributed by atoms with E-state index in [2.05, 4.69) is 22.2 Å². The normalized spacial score (nSPS) is 14.9. The van der Waals surface area contributed by atoms with Crippen molar-refractivity contribution < 1.29 is 18.7 Å². The van der Waals surface area contributed by atoms with Gasteiger partial charge < -0.3 is 15.0 Å². The molecule has 170 valence electrons. The summed E-state index contributed by atoms with van der Waals surface area (Å²) in [7, 11) is 1.49. The van der Waals surface area contributed by atoms with E-state index in [4.69, 9.17) is 4.74 Å². The SMILES string of the molecule is CCc1ccc(NC(=O)CN2C(=O)[C@@H](C)c3ncc(OC)cc3-c3c2cc(C)nc3F)cc1. The van der Waals surface area contributed by atoms with Gasteiger partial charge in [0.1, 0.15) is 12.3 Å². The van der Waals surface area contributed by atoms with Crippen molar-refractivity contribution in [3.63, 3.8) is 0 Å². The number of methoxy groups -OCH3 is 1. The zero-order chi connectivity index (χ0) is 23.7. The highest BCUT2D eigenvalue weighted by Crippen LogP contribution is 2.42. The Morgan fingerprint density at radius 2 is 1.97 bits per heavy atom. The van der Waals surface area contributed by atoms with Crippen LogP contribution >= 0.6 is 0 Å². The number of hydrogen-bond acceptors (Lipinski definition) is 5. The first kappa shape index (κ1) is 22.4. The van der Waals surface area contributed by atoms with Crippen LogP contribution in [0.3, 0.4) is 0 Å². The maximum atomic E-state index is 15.2. The zero-order valence-electron chi connectivity index (χ0n) is 19.0. The van der Waals surface area contributed by atoms with Gasteiger partial charge in [0.15, 0.2) is 0 Å². The second kappa shape index (κ2) is 8.97. The second-order valence-electron chi connectivity index (χ2n) is 8.00. The molecule has 1 aliphatic heterocycles. The number of fused-ring (bicyclic) bond motifs is 3. The van der Waals surface area contributed by atoms with Crippen LogP contribution in [0.2, 0.25) is 0 Å². The van der Waals surface area contributed by atoms with Crippen LogP contribution in [0.4, 0.5) is 15.8 Å². The fourth-order valence-corrected chi connectivity index (χ4v) is 3.99. The number of ether oxygens (including phenoxy) is 1. The highest BCUT2D eigenvalue weighted by atomic mass is 19.1. The fraction of sp³-hybridized carbons (Fsp3) is 0.280. The first-order valence-electron chi connectivity index (χ1n) is 10.7. The van der Waals surface area contributed by atoms with E-state index in [0.717, 1.165) is 12.0 Å². The van der Waals surface area contributed by atoms with Crippen LogP contribution in [-0.4, -0.2) is 35.4 Å². The lowest BCUT2D eigenvalue weighted by atomic mass is 9.98. The molecule has 0 unspecified atom stereocenters. The number of benzene rings is 1. The number of aromatic nitrogens is 2. The lowest BCUT2D eigenvalue weighted by molar-refractivity contribution is -0.122. The Morgan fingerprint density at radius 3 is 2.64 bits per heavy atom. The van der Waals surface area contributed by atoms with Crippen LogP contribution in [0.1, 0.15) is 36.7 Å². The molecule has 4 rings (SSSR count). The minimum Gasteiger partial charge on any atom is -0.495 e. The van der Waals surface area contributed by atoms with Gasteiger partial charge in [0.25, 0.3) is 0 Å². The van der Waals surface area contributed by atoms with Crippen LogP contribution < -0.4 is 15.0 Å².